The Labute approximate surface area is 165 Å². The molecule has 0 N–H and O–H groups in total. The summed E-state index contributed by atoms with van der Waals surface area (Å²) >= 11 is 0. The summed E-state index contributed by atoms with van der Waals surface area (Å²) in [5.74, 6) is 1.13. The monoisotopic (exact) mass is 402 g/mol. The molecule has 1 aromatic heterocycles. The summed E-state index contributed by atoms with van der Waals surface area (Å²) in [7, 11) is -3.52. The van der Waals surface area contributed by atoms with Crippen LogP contribution in [0.1, 0.15) is 50.4 Å². The fourth-order valence-corrected chi connectivity index (χ4v) is 6.41. The van der Waals surface area contributed by atoms with Crippen LogP contribution in [0.15, 0.2) is 29.1 Å². The molecule has 0 radical (unpaired) electrons. The molecule has 2 saturated heterocycles. The third-order valence-electron chi connectivity index (χ3n) is 6.22. The lowest BCUT2D eigenvalue weighted by Crippen LogP contribution is -2.43. The van der Waals surface area contributed by atoms with Crippen molar-refractivity contribution >= 4 is 21.1 Å². The van der Waals surface area contributed by atoms with Crippen LogP contribution in [0, 0.1) is 5.92 Å². The van der Waals surface area contributed by atoms with Crippen LogP contribution in [0.2, 0.25) is 0 Å². The number of rotatable bonds is 5. The predicted octanol–water partition coefficient (Wildman–Crippen LogP) is 2.28. The molecule has 28 heavy (non-hydrogen) atoms. The SMILES string of the molecule is O=c1c2ccccc2nc(C2CCCN2S(=O)(=O)N2CCCC2)n1CC1CC1. The van der Waals surface area contributed by atoms with Crippen LogP contribution in [0.25, 0.3) is 10.9 Å². The van der Waals surface area contributed by atoms with Crippen LogP contribution in [-0.4, -0.2) is 46.2 Å². The van der Waals surface area contributed by atoms with E-state index in [0.717, 1.165) is 32.1 Å². The highest BCUT2D eigenvalue weighted by Crippen LogP contribution is 2.37. The van der Waals surface area contributed by atoms with Gasteiger partial charge in [-0.25, -0.2) is 4.98 Å². The zero-order chi connectivity index (χ0) is 19.3. The highest BCUT2D eigenvalue weighted by molar-refractivity contribution is 7.86. The van der Waals surface area contributed by atoms with E-state index in [1.165, 1.54) is 0 Å². The van der Waals surface area contributed by atoms with Crippen LogP contribution >= 0.6 is 0 Å². The van der Waals surface area contributed by atoms with Crippen molar-refractivity contribution in [3.63, 3.8) is 0 Å². The quantitative estimate of drug-likeness (QED) is 0.769. The van der Waals surface area contributed by atoms with E-state index >= 15 is 0 Å². The van der Waals surface area contributed by atoms with Gasteiger partial charge in [-0.05, 0) is 56.6 Å². The third kappa shape index (κ3) is 3.07. The molecule has 2 aliphatic heterocycles. The van der Waals surface area contributed by atoms with Gasteiger partial charge < -0.3 is 0 Å². The third-order valence-corrected chi connectivity index (χ3v) is 8.27. The lowest BCUT2D eigenvalue weighted by atomic mass is 10.1. The molecule has 1 aromatic carbocycles. The molecule has 1 saturated carbocycles. The number of benzene rings is 1. The predicted molar refractivity (Wildman–Crippen MR) is 107 cm³/mol. The van der Waals surface area contributed by atoms with Gasteiger partial charge in [0, 0.05) is 26.2 Å². The topological polar surface area (TPSA) is 75.5 Å². The maximum atomic E-state index is 13.2. The maximum Gasteiger partial charge on any atom is 0.282 e. The Morgan fingerprint density at radius 2 is 1.75 bits per heavy atom. The Morgan fingerprint density at radius 3 is 2.50 bits per heavy atom. The average Bonchev–Trinajstić information content (AvgIpc) is 3.14. The van der Waals surface area contributed by atoms with E-state index in [1.807, 2.05) is 24.3 Å². The molecule has 1 unspecified atom stereocenters. The number of fused-ring (bicyclic) bond motifs is 1. The summed E-state index contributed by atoms with van der Waals surface area (Å²) in [5.41, 5.74) is 0.609. The fourth-order valence-electron chi connectivity index (χ4n) is 4.52. The minimum absolute atomic E-state index is 0.0436. The average molecular weight is 403 g/mol. The standard InChI is InChI=1S/C20H26N4O3S/c25-20-16-6-1-2-7-17(16)21-19(23(20)14-15-9-10-15)18-8-5-13-24(18)28(26,27)22-11-3-4-12-22/h1-2,6-7,15,18H,3-5,8-14H2. The molecule has 3 heterocycles. The van der Waals surface area contributed by atoms with Gasteiger partial charge >= 0.3 is 0 Å². The van der Waals surface area contributed by atoms with Crippen LogP contribution in [0.5, 0.6) is 0 Å². The van der Waals surface area contributed by atoms with Crippen molar-refractivity contribution < 1.29 is 8.42 Å². The molecular formula is C20H26N4O3S. The van der Waals surface area contributed by atoms with Gasteiger partial charge in [-0.2, -0.15) is 17.0 Å². The van der Waals surface area contributed by atoms with Gasteiger partial charge in [0.1, 0.15) is 5.82 Å². The summed E-state index contributed by atoms with van der Waals surface area (Å²) in [5, 5.41) is 0.610. The Bertz CT molecular complexity index is 1050. The van der Waals surface area contributed by atoms with Gasteiger partial charge in [0.05, 0.1) is 16.9 Å². The summed E-state index contributed by atoms with van der Waals surface area (Å²) < 4.78 is 31.5. The molecule has 8 heteroatoms. The Hall–Kier alpha value is -1.77. The van der Waals surface area contributed by atoms with Crippen molar-refractivity contribution in [2.75, 3.05) is 19.6 Å². The van der Waals surface area contributed by atoms with Crippen molar-refractivity contribution in [1.29, 1.82) is 0 Å². The number of aromatic nitrogens is 2. The fraction of sp³-hybridized carbons (Fsp3) is 0.600. The van der Waals surface area contributed by atoms with Crippen molar-refractivity contribution in [3.05, 3.63) is 40.4 Å². The van der Waals surface area contributed by atoms with Gasteiger partial charge in [-0.3, -0.25) is 9.36 Å². The first-order chi connectivity index (χ1) is 13.6. The van der Waals surface area contributed by atoms with Crippen molar-refractivity contribution in [1.82, 2.24) is 18.2 Å². The molecule has 1 aliphatic carbocycles. The van der Waals surface area contributed by atoms with Crippen molar-refractivity contribution in [2.45, 2.75) is 51.1 Å². The summed E-state index contributed by atoms with van der Waals surface area (Å²) in [6.45, 7) is 2.31. The molecule has 150 valence electrons. The zero-order valence-corrected chi connectivity index (χ0v) is 16.8. The lowest BCUT2D eigenvalue weighted by molar-refractivity contribution is 0.330. The molecule has 3 fully saturated rings. The Balaban J connectivity index is 1.61. The second kappa shape index (κ2) is 6.93. The molecule has 0 bridgehead atoms. The van der Waals surface area contributed by atoms with E-state index in [4.69, 9.17) is 4.98 Å². The first-order valence-corrected chi connectivity index (χ1v) is 11.7. The molecule has 2 aromatic rings. The van der Waals surface area contributed by atoms with E-state index in [0.29, 0.717) is 55.2 Å². The van der Waals surface area contributed by atoms with E-state index in [2.05, 4.69) is 0 Å². The minimum Gasteiger partial charge on any atom is -0.294 e. The van der Waals surface area contributed by atoms with Gasteiger partial charge in [-0.1, -0.05) is 12.1 Å². The Morgan fingerprint density at radius 1 is 1.00 bits per heavy atom. The maximum absolute atomic E-state index is 13.2. The first kappa shape index (κ1) is 18.3. The molecule has 5 rings (SSSR count). The van der Waals surface area contributed by atoms with Crippen molar-refractivity contribution in [2.24, 2.45) is 5.92 Å². The zero-order valence-electron chi connectivity index (χ0n) is 16.0. The van der Waals surface area contributed by atoms with Crippen LogP contribution in [0.4, 0.5) is 0 Å². The largest absolute Gasteiger partial charge is 0.294 e. The molecule has 7 nitrogen and oxygen atoms in total. The van der Waals surface area contributed by atoms with Gasteiger partial charge in [0.15, 0.2) is 0 Å². The highest BCUT2D eigenvalue weighted by atomic mass is 32.2. The number of hydrogen-bond acceptors (Lipinski definition) is 4. The molecule has 3 aliphatic rings. The van der Waals surface area contributed by atoms with E-state index in [1.54, 1.807) is 13.2 Å². The normalized spacial score (nSPS) is 24.4. The highest BCUT2D eigenvalue weighted by Gasteiger charge is 2.42. The number of hydrogen-bond donors (Lipinski definition) is 0. The Kier molecular flexibility index (Phi) is 4.52. The minimum atomic E-state index is -3.52. The molecular weight excluding hydrogens is 376 g/mol. The summed E-state index contributed by atoms with van der Waals surface area (Å²) in [4.78, 5) is 18.1. The van der Waals surface area contributed by atoms with Crippen LogP contribution < -0.4 is 5.56 Å². The summed E-state index contributed by atoms with van der Waals surface area (Å²) in [6, 6.07) is 7.02. The lowest BCUT2D eigenvalue weighted by Gasteiger charge is -2.29. The van der Waals surface area contributed by atoms with Crippen LogP contribution in [-0.2, 0) is 16.8 Å². The number of nitrogens with zero attached hydrogens (tertiary/aromatic N) is 4. The number of para-hydroxylation sites is 1. The first-order valence-electron chi connectivity index (χ1n) is 10.3. The smallest absolute Gasteiger partial charge is 0.282 e. The van der Waals surface area contributed by atoms with Crippen molar-refractivity contribution in [3.8, 4) is 0 Å². The van der Waals surface area contributed by atoms with E-state index < -0.39 is 10.2 Å². The van der Waals surface area contributed by atoms with E-state index in [9.17, 15) is 13.2 Å². The van der Waals surface area contributed by atoms with Gasteiger partial charge in [0.2, 0.25) is 0 Å². The molecule has 1 atom stereocenters. The molecule has 0 spiro atoms. The second-order valence-electron chi connectivity index (χ2n) is 8.23. The van der Waals surface area contributed by atoms with Crippen LogP contribution in [0.3, 0.4) is 0 Å². The van der Waals surface area contributed by atoms with E-state index in [-0.39, 0.29) is 11.6 Å². The molecule has 0 amide bonds. The summed E-state index contributed by atoms with van der Waals surface area (Å²) in [6.07, 6.45) is 5.58. The second-order valence-corrected chi connectivity index (χ2v) is 10.1. The van der Waals surface area contributed by atoms with Gasteiger partial charge in [-0.15, -0.1) is 0 Å². The van der Waals surface area contributed by atoms with Gasteiger partial charge in [0.25, 0.3) is 15.8 Å².